The van der Waals surface area contributed by atoms with Crippen molar-refractivity contribution in [3.8, 4) is 11.5 Å². The van der Waals surface area contributed by atoms with Crippen LogP contribution in [-0.4, -0.2) is 34.8 Å². The van der Waals surface area contributed by atoms with E-state index in [1.807, 2.05) is 0 Å². The Kier molecular flexibility index (Phi) is 5.67. The van der Waals surface area contributed by atoms with Crippen LogP contribution in [0.3, 0.4) is 0 Å². The molecule has 1 amide bonds. The summed E-state index contributed by atoms with van der Waals surface area (Å²) in [5, 5.41) is 11.0. The Labute approximate surface area is 179 Å². The Morgan fingerprint density at radius 1 is 1.26 bits per heavy atom. The lowest BCUT2D eigenvalue weighted by molar-refractivity contribution is -0.384. The zero-order valence-corrected chi connectivity index (χ0v) is 17.2. The van der Waals surface area contributed by atoms with Gasteiger partial charge in [-0.3, -0.25) is 19.7 Å². The molecule has 11 heteroatoms. The molecule has 160 valence electrons. The maximum Gasteiger partial charge on any atom is 0.307 e. The fourth-order valence-corrected chi connectivity index (χ4v) is 4.17. The predicted molar refractivity (Wildman–Crippen MR) is 110 cm³/mol. The number of benzene rings is 2. The van der Waals surface area contributed by atoms with Crippen molar-refractivity contribution in [2.75, 3.05) is 13.4 Å². The number of carbonyl (C=O) groups excluding carboxylic acids is 2. The molecule has 0 saturated carbocycles. The molecule has 1 aliphatic heterocycles. The normalized spacial score (nSPS) is 12.9. The molecule has 0 spiro atoms. The van der Waals surface area contributed by atoms with Gasteiger partial charge in [0.25, 0.3) is 11.6 Å². The number of ether oxygens (including phenoxy) is 3. The number of nitrogens with zero attached hydrogens (tertiary/aromatic N) is 3. The number of aryl methyl sites for hydroxylation is 1. The Morgan fingerprint density at radius 2 is 2.03 bits per heavy atom. The van der Waals surface area contributed by atoms with Gasteiger partial charge in [-0.15, -0.1) is 0 Å². The quantitative estimate of drug-likeness (QED) is 0.326. The van der Waals surface area contributed by atoms with E-state index in [1.54, 1.807) is 23.6 Å². The number of thiazole rings is 1. The Morgan fingerprint density at radius 3 is 2.77 bits per heavy atom. The Bertz CT molecular complexity index is 1260. The smallest absolute Gasteiger partial charge is 0.307 e. The van der Waals surface area contributed by atoms with E-state index in [9.17, 15) is 19.7 Å². The van der Waals surface area contributed by atoms with E-state index in [2.05, 4.69) is 4.99 Å². The monoisotopic (exact) mass is 443 g/mol. The first-order chi connectivity index (χ1) is 15.0. The van der Waals surface area contributed by atoms with Crippen molar-refractivity contribution in [1.29, 1.82) is 0 Å². The summed E-state index contributed by atoms with van der Waals surface area (Å²) in [6, 6.07) is 8.94. The van der Waals surface area contributed by atoms with E-state index >= 15 is 0 Å². The van der Waals surface area contributed by atoms with Gasteiger partial charge in [-0.05, 0) is 13.0 Å². The predicted octanol–water partition coefficient (Wildman–Crippen LogP) is 3.03. The van der Waals surface area contributed by atoms with E-state index in [0.29, 0.717) is 16.3 Å². The Hall–Kier alpha value is -3.73. The fraction of sp³-hybridized carbons (Fsp3) is 0.250. The topological polar surface area (TPSA) is 122 Å². The number of amides is 1. The highest BCUT2D eigenvalue weighted by atomic mass is 32.1. The minimum absolute atomic E-state index is 0.0896. The number of non-ortho nitro benzene ring substituents is 1. The van der Waals surface area contributed by atoms with Gasteiger partial charge in [0.05, 0.1) is 28.2 Å². The summed E-state index contributed by atoms with van der Waals surface area (Å²) in [7, 11) is 0. The average Bonchev–Trinajstić information content (AvgIpc) is 3.34. The lowest BCUT2D eigenvalue weighted by atomic mass is 10.2. The molecule has 4 rings (SSSR count). The van der Waals surface area contributed by atoms with Crippen LogP contribution >= 0.6 is 11.3 Å². The van der Waals surface area contributed by atoms with E-state index in [0.717, 1.165) is 10.2 Å². The number of rotatable bonds is 6. The molecule has 0 bridgehead atoms. The molecule has 0 fully saturated rings. The molecular formula is C20H17N3O7S. The summed E-state index contributed by atoms with van der Waals surface area (Å²) < 4.78 is 18.4. The van der Waals surface area contributed by atoms with Crippen LogP contribution in [0.25, 0.3) is 10.2 Å². The summed E-state index contributed by atoms with van der Waals surface area (Å²) in [6.45, 7) is 2.36. The number of hydrogen-bond acceptors (Lipinski definition) is 8. The summed E-state index contributed by atoms with van der Waals surface area (Å²) in [4.78, 5) is 39.6. The molecular weight excluding hydrogens is 426 g/mol. The van der Waals surface area contributed by atoms with Gasteiger partial charge < -0.3 is 18.8 Å². The van der Waals surface area contributed by atoms with E-state index in [4.69, 9.17) is 14.2 Å². The van der Waals surface area contributed by atoms with Crippen molar-refractivity contribution >= 4 is 39.1 Å². The van der Waals surface area contributed by atoms with Crippen LogP contribution in [0, 0.1) is 10.1 Å². The van der Waals surface area contributed by atoms with Gasteiger partial charge in [-0.25, -0.2) is 0 Å². The van der Waals surface area contributed by atoms with E-state index < -0.39 is 10.8 Å². The van der Waals surface area contributed by atoms with Gasteiger partial charge in [-0.1, -0.05) is 17.4 Å². The number of aromatic nitrogens is 1. The molecule has 1 aromatic heterocycles. The molecule has 2 heterocycles. The molecule has 31 heavy (non-hydrogen) atoms. The van der Waals surface area contributed by atoms with Gasteiger partial charge in [-0.2, -0.15) is 4.99 Å². The highest BCUT2D eigenvalue weighted by Gasteiger charge is 2.19. The third-order valence-corrected chi connectivity index (χ3v) is 5.56. The second-order valence-electron chi connectivity index (χ2n) is 6.49. The SMILES string of the molecule is CCOC(=O)CCn1c(=NC(=O)c2cccc([N+](=O)[O-])c2)sc2cc3c(cc21)OCO3. The summed E-state index contributed by atoms with van der Waals surface area (Å²) in [5.41, 5.74) is 0.625. The molecule has 0 atom stereocenters. The number of hydrogen-bond donors (Lipinski definition) is 0. The second-order valence-corrected chi connectivity index (χ2v) is 7.50. The van der Waals surface area contributed by atoms with Crippen LogP contribution in [0.2, 0.25) is 0 Å². The van der Waals surface area contributed by atoms with Gasteiger partial charge in [0.1, 0.15) is 0 Å². The van der Waals surface area contributed by atoms with E-state index in [-0.39, 0.29) is 43.6 Å². The summed E-state index contributed by atoms with van der Waals surface area (Å²) >= 11 is 1.24. The van der Waals surface area contributed by atoms with Crippen molar-refractivity contribution in [1.82, 2.24) is 4.57 Å². The van der Waals surface area contributed by atoms with Crippen molar-refractivity contribution in [2.24, 2.45) is 4.99 Å². The summed E-state index contributed by atoms with van der Waals surface area (Å²) in [5.74, 6) is 0.154. The van der Waals surface area contributed by atoms with Crippen LogP contribution in [0.15, 0.2) is 41.4 Å². The van der Waals surface area contributed by atoms with Gasteiger partial charge in [0.15, 0.2) is 16.3 Å². The number of fused-ring (bicyclic) bond motifs is 2. The molecule has 0 N–H and O–H groups in total. The zero-order chi connectivity index (χ0) is 22.0. The molecule has 1 aliphatic rings. The number of esters is 1. The lowest BCUT2D eigenvalue weighted by Gasteiger charge is -2.06. The van der Waals surface area contributed by atoms with Gasteiger partial charge >= 0.3 is 5.97 Å². The van der Waals surface area contributed by atoms with E-state index in [1.165, 1.54) is 35.6 Å². The molecule has 0 aliphatic carbocycles. The third kappa shape index (κ3) is 4.26. The van der Waals surface area contributed by atoms with Crippen LogP contribution in [0.4, 0.5) is 5.69 Å². The van der Waals surface area contributed by atoms with Crippen molar-refractivity contribution in [3.63, 3.8) is 0 Å². The van der Waals surface area contributed by atoms with Crippen LogP contribution in [0.1, 0.15) is 23.7 Å². The average molecular weight is 443 g/mol. The maximum absolute atomic E-state index is 12.7. The van der Waals surface area contributed by atoms with Gasteiger partial charge in [0.2, 0.25) is 6.79 Å². The molecule has 2 aromatic carbocycles. The number of nitro groups is 1. The van der Waals surface area contributed by atoms with Gasteiger partial charge in [0, 0.05) is 36.4 Å². The molecule has 0 saturated heterocycles. The highest BCUT2D eigenvalue weighted by molar-refractivity contribution is 7.16. The first-order valence-corrected chi connectivity index (χ1v) is 10.2. The largest absolute Gasteiger partial charge is 0.466 e. The minimum atomic E-state index is -0.625. The van der Waals surface area contributed by atoms with Crippen molar-refractivity contribution in [2.45, 2.75) is 19.9 Å². The third-order valence-electron chi connectivity index (χ3n) is 4.52. The highest BCUT2D eigenvalue weighted by Crippen LogP contribution is 2.37. The molecule has 10 nitrogen and oxygen atoms in total. The number of carbonyl (C=O) groups is 2. The first-order valence-electron chi connectivity index (χ1n) is 9.38. The Balaban J connectivity index is 1.77. The molecule has 3 aromatic rings. The maximum atomic E-state index is 12.7. The fourth-order valence-electron chi connectivity index (χ4n) is 3.10. The second kappa shape index (κ2) is 8.56. The molecule has 0 unspecified atom stereocenters. The van der Waals surface area contributed by atoms with Crippen LogP contribution in [-0.2, 0) is 16.1 Å². The summed E-state index contributed by atoms with van der Waals surface area (Å²) in [6.07, 6.45) is 0.0896. The van der Waals surface area contributed by atoms with Crippen molar-refractivity contribution < 1.29 is 28.7 Å². The van der Waals surface area contributed by atoms with Crippen LogP contribution < -0.4 is 14.3 Å². The van der Waals surface area contributed by atoms with Crippen molar-refractivity contribution in [3.05, 3.63) is 56.9 Å². The minimum Gasteiger partial charge on any atom is -0.466 e. The first kappa shape index (κ1) is 20.5. The van der Waals surface area contributed by atoms with Crippen LogP contribution in [0.5, 0.6) is 11.5 Å². The lowest BCUT2D eigenvalue weighted by Crippen LogP contribution is -2.19. The number of nitro benzene ring substituents is 1. The standard InChI is InChI=1S/C20H17N3O7S/c1-2-28-18(24)6-7-22-14-9-15-16(30-11-29-15)10-17(14)31-20(22)21-19(25)12-4-3-5-13(8-12)23(26)27/h3-5,8-10H,2,6-7,11H2,1H3. The zero-order valence-electron chi connectivity index (χ0n) is 16.4. The molecule has 0 radical (unpaired) electrons.